The SMILES string of the molecule is CC1CCc2c(sc3nc(SCCOc4ccccc4)n(-c4ccccc4)c(=O)c23)C1. The van der Waals surface area contributed by atoms with Crippen LogP contribution >= 0.6 is 23.1 Å². The number of rotatable bonds is 6. The summed E-state index contributed by atoms with van der Waals surface area (Å²) in [6.07, 6.45) is 3.16. The van der Waals surface area contributed by atoms with Crippen LogP contribution in [0.2, 0.25) is 0 Å². The number of para-hydroxylation sites is 2. The molecule has 1 atom stereocenters. The minimum absolute atomic E-state index is 0.0507. The topological polar surface area (TPSA) is 44.1 Å². The van der Waals surface area contributed by atoms with Gasteiger partial charge in [-0.15, -0.1) is 11.3 Å². The molecule has 0 aliphatic heterocycles. The minimum Gasteiger partial charge on any atom is -0.493 e. The Morgan fingerprint density at radius 1 is 1.13 bits per heavy atom. The molecule has 31 heavy (non-hydrogen) atoms. The van der Waals surface area contributed by atoms with E-state index in [0.717, 1.165) is 46.1 Å². The summed E-state index contributed by atoms with van der Waals surface area (Å²) in [5.41, 5.74) is 2.14. The fourth-order valence-corrected chi connectivity index (χ4v) is 6.34. The van der Waals surface area contributed by atoms with Crippen LogP contribution in [-0.2, 0) is 12.8 Å². The number of nitrogens with zero attached hydrogens (tertiary/aromatic N) is 2. The van der Waals surface area contributed by atoms with Crippen LogP contribution in [0.4, 0.5) is 0 Å². The van der Waals surface area contributed by atoms with E-state index in [1.807, 2.05) is 60.7 Å². The van der Waals surface area contributed by atoms with Crippen LogP contribution in [0.1, 0.15) is 23.8 Å². The molecule has 2 aromatic carbocycles. The molecule has 0 fully saturated rings. The molecule has 1 unspecified atom stereocenters. The molecule has 0 saturated heterocycles. The molecule has 2 heterocycles. The van der Waals surface area contributed by atoms with Crippen molar-refractivity contribution in [2.75, 3.05) is 12.4 Å². The number of benzene rings is 2. The van der Waals surface area contributed by atoms with Gasteiger partial charge in [0.2, 0.25) is 0 Å². The van der Waals surface area contributed by atoms with Gasteiger partial charge in [-0.1, -0.05) is 55.1 Å². The highest BCUT2D eigenvalue weighted by molar-refractivity contribution is 7.99. The van der Waals surface area contributed by atoms with Gasteiger partial charge in [-0.25, -0.2) is 4.98 Å². The smallest absolute Gasteiger partial charge is 0.267 e. The van der Waals surface area contributed by atoms with Crippen LogP contribution in [-0.4, -0.2) is 21.9 Å². The maximum Gasteiger partial charge on any atom is 0.267 e. The molecule has 158 valence electrons. The molecule has 0 spiro atoms. The van der Waals surface area contributed by atoms with Gasteiger partial charge in [-0.3, -0.25) is 9.36 Å². The number of aryl methyl sites for hydroxylation is 1. The summed E-state index contributed by atoms with van der Waals surface area (Å²) in [7, 11) is 0. The van der Waals surface area contributed by atoms with Gasteiger partial charge in [0.1, 0.15) is 10.6 Å². The van der Waals surface area contributed by atoms with E-state index in [4.69, 9.17) is 9.72 Å². The molecule has 6 heteroatoms. The zero-order valence-electron chi connectivity index (χ0n) is 17.4. The molecule has 1 aliphatic rings. The maximum atomic E-state index is 13.7. The van der Waals surface area contributed by atoms with Crippen molar-refractivity contribution in [3.63, 3.8) is 0 Å². The molecule has 4 aromatic rings. The van der Waals surface area contributed by atoms with Crippen LogP contribution in [0.5, 0.6) is 5.75 Å². The lowest BCUT2D eigenvalue weighted by Crippen LogP contribution is -2.23. The zero-order chi connectivity index (χ0) is 21.2. The van der Waals surface area contributed by atoms with Gasteiger partial charge in [0, 0.05) is 10.6 Å². The van der Waals surface area contributed by atoms with E-state index in [9.17, 15) is 4.79 Å². The van der Waals surface area contributed by atoms with E-state index in [1.54, 1.807) is 27.7 Å². The second-order valence-corrected chi connectivity index (χ2v) is 10.1. The summed E-state index contributed by atoms with van der Waals surface area (Å²) in [6, 6.07) is 19.6. The molecule has 2 aromatic heterocycles. The Morgan fingerprint density at radius 2 is 1.87 bits per heavy atom. The van der Waals surface area contributed by atoms with Crippen LogP contribution in [0.25, 0.3) is 15.9 Å². The largest absolute Gasteiger partial charge is 0.493 e. The Labute approximate surface area is 189 Å². The molecule has 0 saturated carbocycles. The number of thiophene rings is 1. The third-order valence-electron chi connectivity index (χ3n) is 5.64. The molecule has 1 aliphatic carbocycles. The van der Waals surface area contributed by atoms with Crippen molar-refractivity contribution in [2.24, 2.45) is 5.92 Å². The third-order valence-corrected chi connectivity index (χ3v) is 7.69. The maximum absolute atomic E-state index is 13.7. The van der Waals surface area contributed by atoms with Gasteiger partial charge < -0.3 is 4.74 Å². The second kappa shape index (κ2) is 8.89. The molecule has 5 rings (SSSR count). The predicted octanol–water partition coefficient (Wildman–Crippen LogP) is 5.74. The quantitative estimate of drug-likeness (QED) is 0.214. The number of thioether (sulfide) groups is 1. The molecular formula is C25H24N2O2S2. The molecule has 0 amide bonds. The third kappa shape index (κ3) is 4.14. The van der Waals surface area contributed by atoms with E-state index in [-0.39, 0.29) is 5.56 Å². The lowest BCUT2D eigenvalue weighted by atomic mass is 9.89. The van der Waals surface area contributed by atoms with Gasteiger partial charge in [-0.2, -0.15) is 0 Å². The normalized spacial score (nSPS) is 15.7. The summed E-state index contributed by atoms with van der Waals surface area (Å²) < 4.78 is 7.61. The molecule has 0 N–H and O–H groups in total. The summed E-state index contributed by atoms with van der Waals surface area (Å²) in [5, 5.41) is 1.55. The summed E-state index contributed by atoms with van der Waals surface area (Å²) in [5.74, 6) is 2.23. The zero-order valence-corrected chi connectivity index (χ0v) is 19.0. The first-order valence-corrected chi connectivity index (χ1v) is 12.4. The first-order chi connectivity index (χ1) is 15.2. The molecule has 4 nitrogen and oxygen atoms in total. The average Bonchev–Trinajstić information content (AvgIpc) is 3.15. The Morgan fingerprint density at radius 3 is 2.65 bits per heavy atom. The van der Waals surface area contributed by atoms with E-state index >= 15 is 0 Å². The van der Waals surface area contributed by atoms with Crippen molar-refractivity contribution in [2.45, 2.75) is 31.3 Å². The highest BCUT2D eigenvalue weighted by Gasteiger charge is 2.25. The van der Waals surface area contributed by atoms with Crippen molar-refractivity contribution >= 4 is 33.3 Å². The van der Waals surface area contributed by atoms with E-state index in [2.05, 4.69) is 6.92 Å². The number of ether oxygens (including phenoxy) is 1. The average molecular weight is 449 g/mol. The number of fused-ring (bicyclic) bond motifs is 3. The number of hydrogen-bond acceptors (Lipinski definition) is 5. The van der Waals surface area contributed by atoms with Gasteiger partial charge in [0.15, 0.2) is 5.16 Å². The van der Waals surface area contributed by atoms with Crippen LogP contribution in [0.15, 0.2) is 70.6 Å². The Hall–Kier alpha value is -2.57. The highest BCUT2D eigenvalue weighted by atomic mass is 32.2. The number of aromatic nitrogens is 2. The first kappa shape index (κ1) is 20.3. The first-order valence-electron chi connectivity index (χ1n) is 10.6. The highest BCUT2D eigenvalue weighted by Crippen LogP contribution is 2.37. The summed E-state index contributed by atoms with van der Waals surface area (Å²) in [6.45, 7) is 2.84. The summed E-state index contributed by atoms with van der Waals surface area (Å²) >= 11 is 3.27. The van der Waals surface area contributed by atoms with E-state index < -0.39 is 0 Å². The van der Waals surface area contributed by atoms with Crippen molar-refractivity contribution in [3.05, 3.63) is 81.5 Å². The standard InChI is InChI=1S/C25H24N2O2S2/c1-17-12-13-20-21(16-17)31-23-22(20)24(28)27(18-8-4-2-5-9-18)25(26-23)30-15-14-29-19-10-6-3-7-11-19/h2-11,17H,12-16H2,1H3. The van der Waals surface area contributed by atoms with Crippen molar-refractivity contribution < 1.29 is 4.74 Å². The number of hydrogen-bond donors (Lipinski definition) is 0. The lowest BCUT2D eigenvalue weighted by molar-refractivity contribution is 0.344. The van der Waals surface area contributed by atoms with Gasteiger partial charge in [-0.05, 0) is 55.0 Å². The van der Waals surface area contributed by atoms with Crippen molar-refractivity contribution in [1.82, 2.24) is 9.55 Å². The Kier molecular flexibility index (Phi) is 5.83. The van der Waals surface area contributed by atoms with Crippen LogP contribution < -0.4 is 10.3 Å². The molecular weight excluding hydrogens is 424 g/mol. The fourth-order valence-electron chi connectivity index (χ4n) is 4.08. The monoisotopic (exact) mass is 448 g/mol. The van der Waals surface area contributed by atoms with Gasteiger partial charge in [0.25, 0.3) is 5.56 Å². The van der Waals surface area contributed by atoms with Crippen LogP contribution in [0, 0.1) is 5.92 Å². The van der Waals surface area contributed by atoms with E-state index in [1.165, 1.54) is 10.4 Å². The Balaban J connectivity index is 1.51. The van der Waals surface area contributed by atoms with Gasteiger partial charge >= 0.3 is 0 Å². The predicted molar refractivity (Wildman–Crippen MR) is 129 cm³/mol. The van der Waals surface area contributed by atoms with Crippen LogP contribution in [0.3, 0.4) is 0 Å². The fraction of sp³-hybridized carbons (Fsp3) is 0.280. The van der Waals surface area contributed by atoms with Gasteiger partial charge in [0.05, 0.1) is 17.7 Å². The minimum atomic E-state index is 0.0507. The summed E-state index contributed by atoms with van der Waals surface area (Å²) in [4.78, 5) is 20.9. The molecule has 0 radical (unpaired) electrons. The molecule has 0 bridgehead atoms. The lowest BCUT2D eigenvalue weighted by Gasteiger charge is -2.17. The van der Waals surface area contributed by atoms with Crippen molar-refractivity contribution in [3.8, 4) is 11.4 Å². The van der Waals surface area contributed by atoms with Crippen molar-refractivity contribution in [1.29, 1.82) is 0 Å². The van der Waals surface area contributed by atoms with E-state index in [0.29, 0.717) is 18.3 Å². The Bertz CT molecular complexity index is 1250. The second-order valence-electron chi connectivity index (χ2n) is 7.91.